The van der Waals surface area contributed by atoms with Crippen LogP contribution < -0.4 is 5.32 Å². The lowest BCUT2D eigenvalue weighted by molar-refractivity contribution is 0.198. The number of aromatic nitrogens is 2. The van der Waals surface area contributed by atoms with Crippen molar-refractivity contribution in [1.29, 1.82) is 0 Å². The normalized spacial score (nSPS) is 19.7. The summed E-state index contributed by atoms with van der Waals surface area (Å²) in [4.78, 5) is 2.01. The smallest absolute Gasteiger partial charge is 0.209 e. The predicted octanol–water partition coefficient (Wildman–Crippen LogP) is 2.80. The molecule has 1 fully saturated rings. The minimum Gasteiger partial charge on any atom is -0.330 e. The van der Waals surface area contributed by atoms with E-state index in [9.17, 15) is 8.42 Å². The fraction of sp³-hybridized carbons (Fsp3) is 0.467. The molecule has 1 aliphatic rings. The number of aryl methyl sites for hydroxylation is 1. The molecule has 1 saturated heterocycles. The van der Waals surface area contributed by atoms with E-state index in [-0.39, 0.29) is 17.5 Å². The standard InChI is InChI=1S/C15H20N4O2S3/c1-11-5-3-4-6-13(11)16-14-17-19(15(22)23-14)10-18(2)12-7-8-24(20,21)9-12/h3-6,12H,7-10H2,1-2H3,(H,16,17)/t12-/m1/s1. The molecule has 6 nitrogen and oxygen atoms in total. The number of nitrogens with zero attached hydrogens (tertiary/aromatic N) is 3. The van der Waals surface area contributed by atoms with Gasteiger partial charge in [-0.3, -0.25) is 4.90 Å². The van der Waals surface area contributed by atoms with Crippen molar-refractivity contribution in [3.8, 4) is 0 Å². The van der Waals surface area contributed by atoms with Gasteiger partial charge in [0.1, 0.15) is 0 Å². The first kappa shape index (κ1) is 17.5. The quantitative estimate of drug-likeness (QED) is 0.800. The minimum absolute atomic E-state index is 0.0337. The molecule has 0 saturated carbocycles. The first-order chi connectivity index (χ1) is 11.3. The number of anilines is 2. The third-order valence-corrected chi connectivity index (χ3v) is 7.16. The van der Waals surface area contributed by atoms with Gasteiger partial charge in [-0.1, -0.05) is 29.5 Å². The Balaban J connectivity index is 1.70. The van der Waals surface area contributed by atoms with Gasteiger partial charge in [-0.05, 0) is 44.2 Å². The summed E-state index contributed by atoms with van der Waals surface area (Å²) in [6.07, 6.45) is 0.671. The highest BCUT2D eigenvalue weighted by Gasteiger charge is 2.30. The number of benzene rings is 1. The van der Waals surface area contributed by atoms with Crippen LogP contribution in [0, 0.1) is 10.9 Å². The minimum atomic E-state index is -2.89. The molecular weight excluding hydrogens is 364 g/mol. The average molecular weight is 385 g/mol. The second-order valence-corrected chi connectivity index (χ2v) is 9.92. The fourth-order valence-corrected chi connectivity index (χ4v) is 5.53. The summed E-state index contributed by atoms with van der Waals surface area (Å²) in [6.45, 7) is 2.53. The average Bonchev–Trinajstić information content (AvgIpc) is 3.04. The summed E-state index contributed by atoms with van der Waals surface area (Å²) in [5.74, 6) is 0.486. The molecule has 1 N–H and O–H groups in total. The van der Waals surface area contributed by atoms with Crippen LogP contribution in [-0.4, -0.2) is 47.7 Å². The Morgan fingerprint density at radius 2 is 2.21 bits per heavy atom. The van der Waals surface area contributed by atoms with Crippen molar-refractivity contribution in [3.63, 3.8) is 0 Å². The van der Waals surface area contributed by atoms with Crippen molar-refractivity contribution in [1.82, 2.24) is 14.7 Å². The van der Waals surface area contributed by atoms with Crippen LogP contribution in [0.3, 0.4) is 0 Å². The van der Waals surface area contributed by atoms with Crippen molar-refractivity contribution in [2.75, 3.05) is 23.9 Å². The Labute approximate surface area is 151 Å². The Kier molecular flexibility index (Phi) is 5.05. The van der Waals surface area contributed by atoms with E-state index >= 15 is 0 Å². The van der Waals surface area contributed by atoms with Gasteiger partial charge in [0.2, 0.25) is 5.13 Å². The maximum absolute atomic E-state index is 11.6. The number of rotatable bonds is 5. The van der Waals surface area contributed by atoms with Gasteiger partial charge in [0, 0.05) is 11.7 Å². The first-order valence-corrected chi connectivity index (χ1v) is 10.7. The van der Waals surface area contributed by atoms with Crippen LogP contribution in [0.2, 0.25) is 0 Å². The van der Waals surface area contributed by atoms with E-state index in [1.807, 2.05) is 43.1 Å². The third-order valence-electron chi connectivity index (χ3n) is 4.18. The molecule has 0 spiro atoms. The van der Waals surface area contributed by atoms with E-state index < -0.39 is 9.84 Å². The van der Waals surface area contributed by atoms with Gasteiger partial charge in [0.05, 0.1) is 18.2 Å². The molecule has 0 amide bonds. The first-order valence-electron chi connectivity index (χ1n) is 7.65. The summed E-state index contributed by atoms with van der Waals surface area (Å²) >= 11 is 6.81. The molecule has 1 aromatic carbocycles. The van der Waals surface area contributed by atoms with E-state index in [1.54, 1.807) is 4.68 Å². The van der Waals surface area contributed by atoms with E-state index in [4.69, 9.17) is 12.2 Å². The van der Waals surface area contributed by atoms with Gasteiger partial charge in [0.15, 0.2) is 13.8 Å². The molecule has 2 heterocycles. The van der Waals surface area contributed by atoms with Crippen molar-refractivity contribution in [2.24, 2.45) is 0 Å². The highest BCUT2D eigenvalue weighted by molar-refractivity contribution is 7.91. The fourth-order valence-electron chi connectivity index (χ4n) is 2.72. The van der Waals surface area contributed by atoms with Crippen molar-refractivity contribution >= 4 is 44.2 Å². The molecule has 2 aromatic rings. The molecule has 0 radical (unpaired) electrons. The molecule has 1 aromatic heterocycles. The Bertz CT molecular complexity index is 888. The molecule has 0 unspecified atom stereocenters. The number of nitrogens with one attached hydrogen (secondary N) is 1. The Morgan fingerprint density at radius 1 is 1.46 bits per heavy atom. The van der Waals surface area contributed by atoms with Gasteiger partial charge in [-0.15, -0.1) is 5.10 Å². The zero-order chi connectivity index (χ0) is 17.3. The van der Waals surface area contributed by atoms with Gasteiger partial charge < -0.3 is 5.32 Å². The second-order valence-electron chi connectivity index (χ2n) is 6.07. The van der Waals surface area contributed by atoms with Crippen molar-refractivity contribution in [2.45, 2.75) is 26.1 Å². The summed E-state index contributed by atoms with van der Waals surface area (Å²) in [7, 11) is -0.973. The van der Waals surface area contributed by atoms with E-state index in [1.165, 1.54) is 11.3 Å². The summed E-state index contributed by atoms with van der Waals surface area (Å²) in [5.41, 5.74) is 2.14. The highest BCUT2D eigenvalue weighted by atomic mass is 32.2. The number of hydrogen-bond acceptors (Lipinski definition) is 7. The lowest BCUT2D eigenvalue weighted by Crippen LogP contribution is -2.34. The van der Waals surface area contributed by atoms with Crippen LogP contribution >= 0.6 is 23.6 Å². The lowest BCUT2D eigenvalue weighted by Gasteiger charge is -2.22. The maximum atomic E-state index is 11.6. The third kappa shape index (κ3) is 4.02. The van der Waals surface area contributed by atoms with E-state index in [0.717, 1.165) is 16.4 Å². The monoisotopic (exact) mass is 384 g/mol. The van der Waals surface area contributed by atoms with Gasteiger partial charge >= 0.3 is 0 Å². The molecule has 1 atom stereocenters. The van der Waals surface area contributed by atoms with Crippen LogP contribution in [-0.2, 0) is 16.5 Å². The van der Waals surface area contributed by atoms with Gasteiger partial charge in [-0.2, -0.15) is 0 Å². The Hall–Kier alpha value is -1.29. The summed E-state index contributed by atoms with van der Waals surface area (Å²) in [5, 5.41) is 8.56. The maximum Gasteiger partial charge on any atom is 0.209 e. The molecule has 0 bridgehead atoms. The molecule has 3 rings (SSSR count). The summed E-state index contributed by atoms with van der Waals surface area (Å²) < 4.78 is 25.7. The van der Waals surface area contributed by atoms with Crippen LogP contribution in [0.15, 0.2) is 24.3 Å². The number of sulfone groups is 1. The molecule has 0 aliphatic carbocycles. The van der Waals surface area contributed by atoms with E-state index in [2.05, 4.69) is 10.4 Å². The molecule has 1 aliphatic heterocycles. The zero-order valence-electron chi connectivity index (χ0n) is 13.6. The topological polar surface area (TPSA) is 67.2 Å². The molecule has 24 heavy (non-hydrogen) atoms. The van der Waals surface area contributed by atoms with Gasteiger partial charge in [-0.25, -0.2) is 13.1 Å². The van der Waals surface area contributed by atoms with Crippen LogP contribution in [0.5, 0.6) is 0 Å². The lowest BCUT2D eigenvalue weighted by atomic mass is 10.2. The van der Waals surface area contributed by atoms with Crippen LogP contribution in [0.25, 0.3) is 0 Å². The molecule has 130 valence electrons. The Morgan fingerprint density at radius 3 is 2.88 bits per heavy atom. The highest BCUT2D eigenvalue weighted by Crippen LogP contribution is 2.23. The van der Waals surface area contributed by atoms with E-state index in [0.29, 0.717) is 17.0 Å². The SMILES string of the molecule is Cc1ccccc1Nc1nn(CN(C)[C@@H]2CCS(=O)(=O)C2)c(=S)s1. The second kappa shape index (κ2) is 6.91. The predicted molar refractivity (Wildman–Crippen MR) is 100 cm³/mol. The van der Waals surface area contributed by atoms with Gasteiger partial charge in [0.25, 0.3) is 0 Å². The molecule has 9 heteroatoms. The molecular formula is C15H20N4O2S3. The zero-order valence-corrected chi connectivity index (χ0v) is 16.0. The van der Waals surface area contributed by atoms with Crippen LogP contribution in [0.4, 0.5) is 10.8 Å². The van der Waals surface area contributed by atoms with Crippen LogP contribution in [0.1, 0.15) is 12.0 Å². The summed E-state index contributed by atoms with van der Waals surface area (Å²) in [6, 6.07) is 8.03. The van der Waals surface area contributed by atoms with Crippen molar-refractivity contribution in [3.05, 3.63) is 33.8 Å². The largest absolute Gasteiger partial charge is 0.330 e. The number of para-hydroxylation sites is 1. The van der Waals surface area contributed by atoms with Crippen molar-refractivity contribution < 1.29 is 8.42 Å². The number of hydrogen-bond donors (Lipinski definition) is 1.